The predicted molar refractivity (Wildman–Crippen MR) is 86.2 cm³/mol. The lowest BCUT2D eigenvalue weighted by Crippen LogP contribution is -2.15. The van der Waals surface area contributed by atoms with Crippen molar-refractivity contribution in [3.05, 3.63) is 46.9 Å². The number of aryl methyl sites for hydroxylation is 1. The van der Waals surface area contributed by atoms with Crippen molar-refractivity contribution < 1.29 is 8.42 Å². The first-order chi connectivity index (χ1) is 10.3. The molecule has 0 saturated carbocycles. The number of nitrogens with two attached hydrogens (primary N) is 1. The van der Waals surface area contributed by atoms with Crippen LogP contribution in [0.2, 0.25) is 5.15 Å². The third-order valence-electron chi connectivity index (χ3n) is 3.13. The molecule has 2 rings (SSSR count). The second-order valence-electron chi connectivity index (χ2n) is 4.85. The number of aromatic nitrogens is 2. The highest BCUT2D eigenvalue weighted by molar-refractivity contribution is 7.89. The molecule has 0 aliphatic rings. The molecule has 1 unspecified atom stereocenters. The van der Waals surface area contributed by atoms with Gasteiger partial charge in [0.15, 0.2) is 0 Å². The maximum absolute atomic E-state index is 11.5. The Morgan fingerprint density at radius 2 is 2.05 bits per heavy atom. The van der Waals surface area contributed by atoms with Gasteiger partial charge in [0.2, 0.25) is 10.0 Å². The molecule has 0 aliphatic carbocycles. The van der Waals surface area contributed by atoms with E-state index in [-0.39, 0.29) is 10.9 Å². The Bertz CT molecular complexity index is 760. The van der Waals surface area contributed by atoms with E-state index in [2.05, 4.69) is 15.3 Å². The number of benzene rings is 1. The third-order valence-corrected chi connectivity index (χ3v) is 4.23. The Labute approximate surface area is 134 Å². The van der Waals surface area contributed by atoms with Gasteiger partial charge < -0.3 is 5.32 Å². The molecule has 1 aromatic carbocycles. The molecule has 0 spiro atoms. The van der Waals surface area contributed by atoms with Crippen LogP contribution in [0, 0.1) is 6.92 Å². The maximum Gasteiger partial charge on any atom is 0.238 e. The van der Waals surface area contributed by atoms with E-state index in [1.807, 2.05) is 13.0 Å². The van der Waals surface area contributed by atoms with E-state index in [4.69, 9.17) is 16.7 Å². The van der Waals surface area contributed by atoms with Crippen LogP contribution in [-0.4, -0.2) is 18.4 Å². The van der Waals surface area contributed by atoms with Crippen LogP contribution in [0.25, 0.3) is 0 Å². The first-order valence-corrected chi connectivity index (χ1v) is 8.62. The first-order valence-electron chi connectivity index (χ1n) is 6.70. The van der Waals surface area contributed by atoms with Crippen molar-refractivity contribution in [1.29, 1.82) is 0 Å². The molecule has 6 nitrogen and oxygen atoms in total. The number of rotatable bonds is 5. The summed E-state index contributed by atoms with van der Waals surface area (Å²) in [5.74, 6) is 1.15. The minimum Gasteiger partial charge on any atom is -0.363 e. The molecule has 0 saturated heterocycles. The second kappa shape index (κ2) is 6.60. The molecular formula is C14H17ClN4O2S. The van der Waals surface area contributed by atoms with Crippen molar-refractivity contribution in [3.8, 4) is 0 Å². The second-order valence-corrected chi connectivity index (χ2v) is 6.79. The molecule has 2 aromatic rings. The Morgan fingerprint density at radius 1 is 1.32 bits per heavy atom. The minimum absolute atomic E-state index is 0.0853. The molecule has 8 heteroatoms. The van der Waals surface area contributed by atoms with Gasteiger partial charge in [-0.05, 0) is 31.0 Å². The van der Waals surface area contributed by atoms with Gasteiger partial charge in [0.25, 0.3) is 0 Å². The highest BCUT2D eigenvalue weighted by Gasteiger charge is 2.14. The van der Waals surface area contributed by atoms with Crippen LogP contribution in [0.3, 0.4) is 0 Å². The first kappa shape index (κ1) is 16.7. The average Bonchev–Trinajstić information content (AvgIpc) is 2.43. The van der Waals surface area contributed by atoms with Gasteiger partial charge >= 0.3 is 0 Å². The van der Waals surface area contributed by atoms with Gasteiger partial charge in [-0.15, -0.1) is 0 Å². The number of halogens is 1. The molecular weight excluding hydrogens is 324 g/mol. The van der Waals surface area contributed by atoms with Gasteiger partial charge in [-0.1, -0.05) is 30.7 Å². The van der Waals surface area contributed by atoms with Crippen LogP contribution >= 0.6 is 11.6 Å². The summed E-state index contributed by atoms with van der Waals surface area (Å²) in [5.41, 5.74) is 0.807. The number of anilines is 1. The normalized spacial score (nSPS) is 12.9. The van der Waals surface area contributed by atoms with E-state index >= 15 is 0 Å². The lowest BCUT2D eigenvalue weighted by Gasteiger charge is -2.19. The molecule has 1 aromatic heterocycles. The number of hydrogen-bond donors (Lipinski definition) is 2. The van der Waals surface area contributed by atoms with Crippen molar-refractivity contribution in [2.75, 3.05) is 5.32 Å². The molecule has 0 aliphatic heterocycles. The molecule has 1 heterocycles. The summed E-state index contributed by atoms with van der Waals surface area (Å²) >= 11 is 5.92. The van der Waals surface area contributed by atoms with Gasteiger partial charge in [0.1, 0.15) is 16.8 Å². The minimum atomic E-state index is -3.73. The fourth-order valence-corrected chi connectivity index (χ4v) is 2.91. The summed E-state index contributed by atoms with van der Waals surface area (Å²) in [7, 11) is -3.73. The number of hydrogen-bond acceptors (Lipinski definition) is 5. The topological polar surface area (TPSA) is 98.0 Å². The zero-order valence-electron chi connectivity index (χ0n) is 12.2. The van der Waals surface area contributed by atoms with Crippen LogP contribution in [0.4, 0.5) is 5.82 Å². The zero-order valence-corrected chi connectivity index (χ0v) is 13.8. The van der Waals surface area contributed by atoms with Gasteiger partial charge in [-0.2, -0.15) is 0 Å². The highest BCUT2D eigenvalue weighted by atomic mass is 35.5. The molecule has 0 bridgehead atoms. The molecule has 0 fully saturated rings. The maximum atomic E-state index is 11.5. The van der Waals surface area contributed by atoms with E-state index in [9.17, 15) is 8.42 Å². The van der Waals surface area contributed by atoms with Crippen LogP contribution in [0.15, 0.2) is 35.2 Å². The largest absolute Gasteiger partial charge is 0.363 e. The Kier molecular flexibility index (Phi) is 5.00. The van der Waals surface area contributed by atoms with Crippen LogP contribution in [-0.2, 0) is 10.0 Å². The van der Waals surface area contributed by atoms with Crippen molar-refractivity contribution >= 4 is 27.4 Å². The van der Waals surface area contributed by atoms with Crippen LogP contribution < -0.4 is 10.5 Å². The zero-order chi connectivity index (χ0) is 16.3. The molecule has 22 heavy (non-hydrogen) atoms. The Balaban J connectivity index is 2.32. The van der Waals surface area contributed by atoms with Crippen molar-refractivity contribution in [1.82, 2.24) is 9.97 Å². The fourth-order valence-electron chi connectivity index (χ4n) is 2.11. The molecule has 0 radical (unpaired) electrons. The Hall–Kier alpha value is -1.70. The van der Waals surface area contributed by atoms with Crippen molar-refractivity contribution in [2.45, 2.75) is 31.2 Å². The average molecular weight is 341 g/mol. The standard InChI is InChI=1S/C14H17ClN4O2S/c1-3-12(19-14-8-13(15)17-9(2)18-14)10-5-4-6-11(7-10)22(16,20)21/h4-8,12H,3H2,1-2H3,(H2,16,20,21)(H,17,18,19). The monoisotopic (exact) mass is 340 g/mol. The molecule has 0 amide bonds. The van der Waals surface area contributed by atoms with Crippen LogP contribution in [0.1, 0.15) is 30.8 Å². The SMILES string of the molecule is CCC(Nc1cc(Cl)nc(C)n1)c1cccc(S(N)(=O)=O)c1. The van der Waals surface area contributed by atoms with Crippen molar-refractivity contribution in [2.24, 2.45) is 5.14 Å². The highest BCUT2D eigenvalue weighted by Crippen LogP contribution is 2.24. The van der Waals surface area contributed by atoms with Gasteiger partial charge in [-0.25, -0.2) is 23.5 Å². The lowest BCUT2D eigenvalue weighted by atomic mass is 10.0. The van der Waals surface area contributed by atoms with E-state index in [1.165, 1.54) is 6.07 Å². The van der Waals surface area contributed by atoms with Crippen molar-refractivity contribution in [3.63, 3.8) is 0 Å². The number of primary sulfonamides is 1. The quantitative estimate of drug-likeness (QED) is 0.815. The van der Waals surface area contributed by atoms with Crippen LogP contribution in [0.5, 0.6) is 0 Å². The molecule has 118 valence electrons. The summed E-state index contributed by atoms with van der Waals surface area (Å²) < 4.78 is 22.9. The third kappa shape index (κ3) is 4.16. The van der Waals surface area contributed by atoms with Gasteiger partial charge in [0, 0.05) is 6.07 Å². The van der Waals surface area contributed by atoms with E-state index in [0.29, 0.717) is 16.8 Å². The number of nitrogens with zero attached hydrogens (tertiary/aromatic N) is 2. The summed E-state index contributed by atoms with van der Waals surface area (Å²) in [5, 5.41) is 8.76. The summed E-state index contributed by atoms with van der Waals surface area (Å²) in [4.78, 5) is 8.36. The summed E-state index contributed by atoms with van der Waals surface area (Å²) in [6.45, 7) is 3.73. The summed E-state index contributed by atoms with van der Waals surface area (Å²) in [6, 6.07) is 8.04. The van der Waals surface area contributed by atoms with Gasteiger partial charge in [-0.3, -0.25) is 0 Å². The number of nitrogens with one attached hydrogen (secondary N) is 1. The number of sulfonamides is 1. The predicted octanol–water partition coefficient (Wildman–Crippen LogP) is 2.65. The Morgan fingerprint density at radius 3 is 2.64 bits per heavy atom. The fraction of sp³-hybridized carbons (Fsp3) is 0.286. The van der Waals surface area contributed by atoms with E-state index in [1.54, 1.807) is 25.1 Å². The smallest absolute Gasteiger partial charge is 0.238 e. The lowest BCUT2D eigenvalue weighted by molar-refractivity contribution is 0.597. The molecule has 1 atom stereocenters. The van der Waals surface area contributed by atoms with E-state index < -0.39 is 10.0 Å². The van der Waals surface area contributed by atoms with E-state index in [0.717, 1.165) is 12.0 Å². The summed E-state index contributed by atoms with van der Waals surface area (Å²) in [6.07, 6.45) is 0.731. The van der Waals surface area contributed by atoms with Gasteiger partial charge in [0.05, 0.1) is 10.9 Å². The molecule has 3 N–H and O–H groups in total.